The van der Waals surface area contributed by atoms with Crippen LogP contribution in [0.2, 0.25) is 0 Å². The standard InChI is InChI=1S/C9H12N6O2S/c16-8(14-1-3-17-4-2-14)10-5-7-13-15-6-11-12-9(15)18-7/h6H,1-5H2,(H,10,16). The van der Waals surface area contributed by atoms with Crippen LogP contribution in [0.1, 0.15) is 5.01 Å². The molecule has 0 aromatic carbocycles. The minimum absolute atomic E-state index is 0.0794. The van der Waals surface area contributed by atoms with Gasteiger partial charge in [0.15, 0.2) is 0 Å². The lowest BCUT2D eigenvalue weighted by Crippen LogP contribution is -2.45. The van der Waals surface area contributed by atoms with Crippen LogP contribution in [0.15, 0.2) is 6.33 Å². The number of amides is 2. The van der Waals surface area contributed by atoms with E-state index in [1.165, 1.54) is 11.3 Å². The molecular weight excluding hydrogens is 256 g/mol. The summed E-state index contributed by atoms with van der Waals surface area (Å²) in [6, 6.07) is -0.0794. The molecule has 0 spiro atoms. The Balaban J connectivity index is 1.57. The molecule has 0 atom stereocenters. The van der Waals surface area contributed by atoms with Gasteiger partial charge in [0, 0.05) is 13.1 Å². The summed E-state index contributed by atoms with van der Waals surface area (Å²) in [6.07, 6.45) is 1.54. The molecule has 0 radical (unpaired) electrons. The first-order valence-electron chi connectivity index (χ1n) is 5.59. The summed E-state index contributed by atoms with van der Waals surface area (Å²) >= 11 is 1.41. The first-order chi connectivity index (χ1) is 8.83. The number of nitrogens with zero attached hydrogens (tertiary/aromatic N) is 5. The van der Waals surface area contributed by atoms with E-state index >= 15 is 0 Å². The van der Waals surface area contributed by atoms with Crippen LogP contribution in [0, 0.1) is 0 Å². The number of carbonyl (C=O) groups is 1. The highest BCUT2D eigenvalue weighted by molar-refractivity contribution is 7.16. The van der Waals surface area contributed by atoms with Gasteiger partial charge in [0.2, 0.25) is 4.96 Å². The van der Waals surface area contributed by atoms with E-state index in [4.69, 9.17) is 4.74 Å². The maximum absolute atomic E-state index is 11.8. The molecule has 96 valence electrons. The summed E-state index contributed by atoms with van der Waals surface area (Å²) in [6.45, 7) is 2.88. The van der Waals surface area contributed by atoms with Crippen molar-refractivity contribution in [3.63, 3.8) is 0 Å². The number of ether oxygens (including phenoxy) is 1. The van der Waals surface area contributed by atoms with Gasteiger partial charge in [0.25, 0.3) is 0 Å². The molecular formula is C9H12N6O2S. The van der Waals surface area contributed by atoms with Crippen LogP contribution in [0.25, 0.3) is 4.96 Å². The van der Waals surface area contributed by atoms with Gasteiger partial charge >= 0.3 is 6.03 Å². The molecule has 1 aliphatic rings. The van der Waals surface area contributed by atoms with Crippen LogP contribution in [0.4, 0.5) is 4.79 Å². The lowest BCUT2D eigenvalue weighted by molar-refractivity contribution is 0.0531. The van der Waals surface area contributed by atoms with Gasteiger partial charge in [-0.2, -0.15) is 9.61 Å². The molecule has 9 heteroatoms. The molecule has 18 heavy (non-hydrogen) atoms. The maximum atomic E-state index is 11.8. The Morgan fingerprint density at radius 2 is 2.33 bits per heavy atom. The average Bonchev–Trinajstić information content (AvgIpc) is 2.97. The maximum Gasteiger partial charge on any atom is 0.317 e. The van der Waals surface area contributed by atoms with Gasteiger partial charge in [-0.3, -0.25) is 0 Å². The van der Waals surface area contributed by atoms with E-state index in [9.17, 15) is 4.79 Å². The first kappa shape index (κ1) is 11.4. The molecule has 1 aliphatic heterocycles. The zero-order chi connectivity index (χ0) is 12.4. The molecule has 0 saturated carbocycles. The first-order valence-corrected chi connectivity index (χ1v) is 6.41. The van der Waals surface area contributed by atoms with Crippen LogP contribution < -0.4 is 5.32 Å². The third kappa shape index (κ3) is 2.27. The topological polar surface area (TPSA) is 84.7 Å². The SMILES string of the molecule is O=C(NCc1nn2cnnc2s1)N1CCOCC1. The predicted molar refractivity (Wildman–Crippen MR) is 63.3 cm³/mol. The van der Waals surface area contributed by atoms with E-state index in [1.807, 2.05) is 0 Å². The molecule has 2 aromatic heterocycles. The normalized spacial score (nSPS) is 16.1. The van der Waals surface area contributed by atoms with Gasteiger partial charge in [-0.1, -0.05) is 11.3 Å². The second-order valence-corrected chi connectivity index (χ2v) is 4.85. The van der Waals surface area contributed by atoms with Crippen molar-refractivity contribution in [1.82, 2.24) is 30.0 Å². The Morgan fingerprint density at radius 1 is 1.50 bits per heavy atom. The summed E-state index contributed by atoms with van der Waals surface area (Å²) in [7, 11) is 0. The Morgan fingerprint density at radius 3 is 3.11 bits per heavy atom. The monoisotopic (exact) mass is 268 g/mol. The number of nitrogens with one attached hydrogen (secondary N) is 1. The van der Waals surface area contributed by atoms with Crippen molar-refractivity contribution in [1.29, 1.82) is 0 Å². The van der Waals surface area contributed by atoms with Crippen LogP contribution >= 0.6 is 11.3 Å². The highest BCUT2D eigenvalue weighted by Crippen LogP contribution is 2.11. The van der Waals surface area contributed by atoms with Crippen molar-refractivity contribution >= 4 is 22.3 Å². The van der Waals surface area contributed by atoms with Gasteiger partial charge in [0.05, 0.1) is 19.8 Å². The number of hydrogen-bond donors (Lipinski definition) is 1. The van der Waals surface area contributed by atoms with Crippen LogP contribution in [0.5, 0.6) is 0 Å². The lowest BCUT2D eigenvalue weighted by atomic mass is 10.4. The number of fused-ring (bicyclic) bond motifs is 1. The molecule has 2 aromatic rings. The zero-order valence-electron chi connectivity index (χ0n) is 9.57. The number of urea groups is 1. The second kappa shape index (κ2) is 4.86. The van der Waals surface area contributed by atoms with Gasteiger partial charge in [-0.15, -0.1) is 10.2 Å². The van der Waals surface area contributed by atoms with Gasteiger partial charge < -0.3 is 15.0 Å². The van der Waals surface area contributed by atoms with Crippen molar-refractivity contribution < 1.29 is 9.53 Å². The van der Waals surface area contributed by atoms with Crippen molar-refractivity contribution in [2.75, 3.05) is 26.3 Å². The highest BCUT2D eigenvalue weighted by Gasteiger charge is 2.16. The Hall–Kier alpha value is -1.74. The van der Waals surface area contributed by atoms with Gasteiger partial charge in [-0.05, 0) is 0 Å². The fraction of sp³-hybridized carbons (Fsp3) is 0.556. The zero-order valence-corrected chi connectivity index (χ0v) is 10.4. The van der Waals surface area contributed by atoms with Gasteiger partial charge in [0.1, 0.15) is 11.3 Å². The van der Waals surface area contributed by atoms with Crippen LogP contribution in [-0.4, -0.2) is 57.0 Å². The van der Waals surface area contributed by atoms with E-state index < -0.39 is 0 Å². The number of aromatic nitrogens is 4. The summed E-state index contributed by atoms with van der Waals surface area (Å²) in [5, 5.41) is 15.5. The molecule has 1 saturated heterocycles. The molecule has 1 N–H and O–H groups in total. The molecule has 0 unspecified atom stereocenters. The van der Waals surface area contributed by atoms with Crippen molar-refractivity contribution in [2.45, 2.75) is 6.54 Å². The van der Waals surface area contributed by atoms with Crippen molar-refractivity contribution in [3.8, 4) is 0 Å². The van der Waals surface area contributed by atoms with E-state index in [0.717, 1.165) is 9.97 Å². The second-order valence-electron chi connectivity index (χ2n) is 3.81. The molecule has 1 fully saturated rings. The summed E-state index contributed by atoms with van der Waals surface area (Å²) in [4.78, 5) is 14.3. The lowest BCUT2D eigenvalue weighted by Gasteiger charge is -2.26. The number of morpholine rings is 1. The fourth-order valence-electron chi connectivity index (χ4n) is 1.70. The van der Waals surface area contributed by atoms with E-state index in [0.29, 0.717) is 32.8 Å². The minimum atomic E-state index is -0.0794. The molecule has 0 aliphatic carbocycles. The van der Waals surface area contributed by atoms with E-state index in [1.54, 1.807) is 15.7 Å². The Bertz CT molecular complexity index is 517. The smallest absolute Gasteiger partial charge is 0.317 e. The minimum Gasteiger partial charge on any atom is -0.378 e. The van der Waals surface area contributed by atoms with Crippen LogP contribution in [0.3, 0.4) is 0 Å². The van der Waals surface area contributed by atoms with E-state index in [2.05, 4.69) is 20.6 Å². The Kier molecular flexibility index (Phi) is 3.07. The third-order valence-electron chi connectivity index (χ3n) is 2.62. The summed E-state index contributed by atoms with van der Waals surface area (Å²) in [5.74, 6) is 0. The molecule has 2 amide bonds. The van der Waals surface area contributed by atoms with Crippen molar-refractivity contribution in [2.24, 2.45) is 0 Å². The number of hydrogen-bond acceptors (Lipinski definition) is 6. The fourth-order valence-corrected chi connectivity index (χ4v) is 2.46. The molecule has 3 rings (SSSR count). The average molecular weight is 268 g/mol. The molecule has 0 bridgehead atoms. The summed E-state index contributed by atoms with van der Waals surface area (Å²) < 4.78 is 6.79. The highest BCUT2D eigenvalue weighted by atomic mass is 32.1. The quantitative estimate of drug-likeness (QED) is 0.810. The summed E-state index contributed by atoms with van der Waals surface area (Å²) in [5.41, 5.74) is 0. The van der Waals surface area contributed by atoms with Crippen LogP contribution in [-0.2, 0) is 11.3 Å². The molecule has 3 heterocycles. The van der Waals surface area contributed by atoms with E-state index in [-0.39, 0.29) is 6.03 Å². The van der Waals surface area contributed by atoms with Crippen molar-refractivity contribution in [3.05, 3.63) is 11.3 Å². The Labute approximate surface area is 107 Å². The largest absolute Gasteiger partial charge is 0.378 e. The predicted octanol–water partition coefficient (Wildman–Crippen LogP) is -0.272. The molecule has 8 nitrogen and oxygen atoms in total. The van der Waals surface area contributed by atoms with Gasteiger partial charge in [-0.25, -0.2) is 4.79 Å². The number of carbonyl (C=O) groups excluding carboxylic acids is 1. The third-order valence-corrected chi connectivity index (χ3v) is 3.53. The number of rotatable bonds is 2.